The Morgan fingerprint density at radius 3 is 2.52 bits per heavy atom. The molecule has 0 aromatic carbocycles. The first-order valence-electron chi connectivity index (χ1n) is 8.74. The van der Waals surface area contributed by atoms with Gasteiger partial charge < -0.3 is 8.95 Å². The van der Waals surface area contributed by atoms with Crippen molar-refractivity contribution >= 4 is 34.6 Å². The number of hydrogen-bond donors (Lipinski definition) is 1. The van der Waals surface area contributed by atoms with Crippen molar-refractivity contribution in [1.29, 1.82) is 0 Å². The fraction of sp³-hybridized carbons (Fsp3) is 0.500. The zero-order valence-electron chi connectivity index (χ0n) is 16.4. The van der Waals surface area contributed by atoms with Crippen LogP contribution in [0.4, 0.5) is 10.5 Å². The van der Waals surface area contributed by atoms with Crippen LogP contribution in [0.25, 0.3) is 5.65 Å². The summed E-state index contributed by atoms with van der Waals surface area (Å²) in [7, 11) is 1.47. The average molecular weight is 391 g/mol. The van der Waals surface area contributed by atoms with Crippen LogP contribution in [0.5, 0.6) is 0 Å². The number of amides is 3. The second-order valence-corrected chi connectivity index (χ2v) is 9.84. The molecule has 3 amide bonds. The number of carbonyl (C=O) groups excluding carboxylic acids is 2. The fourth-order valence-corrected chi connectivity index (χ4v) is 3.62. The highest BCUT2D eigenvalue weighted by molar-refractivity contribution is 7.90. The van der Waals surface area contributed by atoms with Gasteiger partial charge in [0, 0.05) is 30.8 Å². The number of imidazole rings is 1. The van der Waals surface area contributed by atoms with Crippen LogP contribution in [0.3, 0.4) is 0 Å². The maximum Gasteiger partial charge on any atom is 0.331 e. The molecular formula is C18H25N5O3S. The summed E-state index contributed by atoms with van der Waals surface area (Å²) in [6.45, 7) is 9.53. The van der Waals surface area contributed by atoms with E-state index in [1.807, 2.05) is 57.5 Å². The van der Waals surface area contributed by atoms with Gasteiger partial charge in [0.25, 0.3) is 0 Å². The van der Waals surface area contributed by atoms with Crippen molar-refractivity contribution in [3.8, 4) is 0 Å². The van der Waals surface area contributed by atoms with E-state index in [0.29, 0.717) is 17.0 Å². The lowest BCUT2D eigenvalue weighted by atomic mass is 10.2. The highest BCUT2D eigenvalue weighted by atomic mass is 32.2. The predicted molar refractivity (Wildman–Crippen MR) is 105 cm³/mol. The number of hydrogen-bond acceptors (Lipinski definition) is 5. The summed E-state index contributed by atoms with van der Waals surface area (Å²) in [5.41, 5.74) is 2.83. The van der Waals surface area contributed by atoms with Gasteiger partial charge in [-0.1, -0.05) is 0 Å². The predicted octanol–water partition coefficient (Wildman–Crippen LogP) is 2.15. The van der Waals surface area contributed by atoms with E-state index in [2.05, 4.69) is 9.71 Å². The van der Waals surface area contributed by atoms with Crippen molar-refractivity contribution in [2.75, 3.05) is 18.5 Å². The zero-order chi connectivity index (χ0) is 20.1. The normalized spacial score (nSPS) is 17.9. The smallest absolute Gasteiger partial charge is 0.331 e. The van der Waals surface area contributed by atoms with Crippen LogP contribution < -0.4 is 9.62 Å². The molecule has 0 saturated carbocycles. The SMILES string of the molecule is Cc1cc(N2CC(=O)N(C)C2=O)c2nc([C@@H](C)N[S@+]([O-])C(C)(C)C)cn2c1. The largest absolute Gasteiger partial charge is 0.598 e. The Labute approximate surface area is 161 Å². The standard InChI is InChI=1S/C18H25N5O3S/c1-11-7-14(23-10-15(24)21(6)17(23)25)16-19-13(9-22(16)8-11)12(2)20-27(26)18(3,4)5/h7-9,12,20H,10H2,1-6H3/t12-,27-/m1/s1. The van der Waals surface area contributed by atoms with Gasteiger partial charge in [-0.2, -0.15) is 0 Å². The molecule has 1 saturated heterocycles. The molecule has 1 fully saturated rings. The van der Waals surface area contributed by atoms with Crippen LogP contribution in [-0.2, 0) is 16.2 Å². The summed E-state index contributed by atoms with van der Waals surface area (Å²) >= 11 is -1.23. The lowest BCUT2D eigenvalue weighted by Gasteiger charge is -2.25. The molecule has 0 bridgehead atoms. The molecule has 0 unspecified atom stereocenters. The van der Waals surface area contributed by atoms with E-state index < -0.39 is 11.4 Å². The first kappa shape index (κ1) is 19.7. The molecule has 2 atom stereocenters. The number of pyridine rings is 1. The van der Waals surface area contributed by atoms with Gasteiger partial charge in [0.2, 0.25) is 5.91 Å². The lowest BCUT2D eigenvalue weighted by molar-refractivity contribution is -0.123. The topological polar surface area (TPSA) is 93.0 Å². The van der Waals surface area contributed by atoms with Gasteiger partial charge in [0.05, 0.1) is 17.4 Å². The third-order valence-corrected chi connectivity index (χ3v) is 6.13. The maximum atomic E-state index is 12.4. The molecule has 146 valence electrons. The Hall–Kier alpha value is -2.10. The molecule has 0 radical (unpaired) electrons. The van der Waals surface area contributed by atoms with E-state index in [1.54, 1.807) is 0 Å². The van der Waals surface area contributed by atoms with E-state index in [4.69, 9.17) is 0 Å². The monoisotopic (exact) mass is 391 g/mol. The first-order chi connectivity index (χ1) is 12.5. The summed E-state index contributed by atoms with van der Waals surface area (Å²) in [6.07, 6.45) is 3.77. The Kier molecular flexibility index (Phi) is 4.96. The van der Waals surface area contributed by atoms with E-state index in [0.717, 1.165) is 10.5 Å². The molecule has 3 heterocycles. The Bertz CT molecular complexity index is 904. The van der Waals surface area contributed by atoms with Gasteiger partial charge in [-0.05, 0) is 46.2 Å². The van der Waals surface area contributed by atoms with Crippen LogP contribution in [0.1, 0.15) is 45.0 Å². The van der Waals surface area contributed by atoms with Crippen LogP contribution in [-0.4, -0.2) is 49.1 Å². The molecule has 0 aliphatic carbocycles. The molecule has 2 aromatic heterocycles. The number of carbonyl (C=O) groups is 2. The summed E-state index contributed by atoms with van der Waals surface area (Å²) < 4.78 is 16.9. The van der Waals surface area contributed by atoms with Gasteiger partial charge in [-0.25, -0.2) is 9.78 Å². The highest BCUT2D eigenvalue weighted by Gasteiger charge is 2.36. The Balaban J connectivity index is 1.98. The molecule has 1 aliphatic rings. The molecule has 8 nitrogen and oxygen atoms in total. The number of fused-ring (bicyclic) bond motifs is 1. The number of aromatic nitrogens is 2. The minimum absolute atomic E-state index is 0.00150. The van der Waals surface area contributed by atoms with E-state index in [9.17, 15) is 14.1 Å². The number of rotatable bonds is 4. The second-order valence-electron chi connectivity index (χ2n) is 7.84. The summed E-state index contributed by atoms with van der Waals surface area (Å²) in [4.78, 5) is 31.5. The maximum absolute atomic E-state index is 12.4. The third-order valence-electron chi connectivity index (χ3n) is 4.45. The van der Waals surface area contributed by atoms with Crippen molar-refractivity contribution in [2.24, 2.45) is 0 Å². The Morgan fingerprint density at radius 1 is 1.30 bits per heavy atom. The van der Waals surface area contributed by atoms with Crippen molar-refractivity contribution < 1.29 is 14.1 Å². The number of nitrogens with one attached hydrogen (secondary N) is 1. The fourth-order valence-electron chi connectivity index (χ4n) is 2.83. The molecule has 3 rings (SSSR count). The number of aryl methyl sites for hydroxylation is 1. The van der Waals surface area contributed by atoms with Crippen molar-refractivity contribution in [3.63, 3.8) is 0 Å². The number of urea groups is 1. The van der Waals surface area contributed by atoms with Crippen molar-refractivity contribution in [1.82, 2.24) is 19.0 Å². The van der Waals surface area contributed by atoms with Crippen molar-refractivity contribution in [3.05, 3.63) is 29.7 Å². The molecule has 1 N–H and O–H groups in total. The minimum Gasteiger partial charge on any atom is -0.598 e. The molecular weight excluding hydrogens is 366 g/mol. The molecule has 2 aromatic rings. The number of nitrogens with zero attached hydrogens (tertiary/aromatic N) is 4. The van der Waals surface area contributed by atoms with E-state index >= 15 is 0 Å². The lowest BCUT2D eigenvalue weighted by Crippen LogP contribution is -2.40. The van der Waals surface area contributed by atoms with Gasteiger partial charge in [0.1, 0.15) is 11.3 Å². The quantitative estimate of drug-likeness (QED) is 0.637. The van der Waals surface area contributed by atoms with E-state index in [1.165, 1.54) is 11.9 Å². The third kappa shape index (κ3) is 3.67. The summed E-state index contributed by atoms with van der Waals surface area (Å²) in [5, 5.41) is 0. The molecule has 9 heteroatoms. The van der Waals surface area contributed by atoms with Crippen LogP contribution >= 0.6 is 0 Å². The van der Waals surface area contributed by atoms with Crippen LogP contribution in [0, 0.1) is 6.92 Å². The molecule has 1 aliphatic heterocycles. The summed E-state index contributed by atoms with van der Waals surface area (Å²) in [6, 6.07) is 1.25. The summed E-state index contributed by atoms with van der Waals surface area (Å²) in [5.74, 6) is -0.248. The Morgan fingerprint density at radius 2 is 1.96 bits per heavy atom. The second kappa shape index (κ2) is 6.81. The van der Waals surface area contributed by atoms with Crippen LogP contribution in [0.2, 0.25) is 0 Å². The van der Waals surface area contributed by atoms with E-state index in [-0.39, 0.29) is 29.3 Å². The zero-order valence-corrected chi connectivity index (χ0v) is 17.3. The first-order valence-corrected chi connectivity index (χ1v) is 9.89. The van der Waals surface area contributed by atoms with Gasteiger partial charge >= 0.3 is 6.03 Å². The highest BCUT2D eigenvalue weighted by Crippen LogP contribution is 2.28. The molecule has 27 heavy (non-hydrogen) atoms. The van der Waals surface area contributed by atoms with Gasteiger partial charge in [0.15, 0.2) is 5.65 Å². The van der Waals surface area contributed by atoms with Gasteiger partial charge in [-0.15, -0.1) is 4.72 Å². The molecule has 0 spiro atoms. The van der Waals surface area contributed by atoms with Gasteiger partial charge in [-0.3, -0.25) is 14.6 Å². The van der Waals surface area contributed by atoms with Crippen LogP contribution in [0.15, 0.2) is 18.5 Å². The number of imide groups is 1. The number of likely N-dealkylation sites (N-methyl/N-ethyl adjacent to an activating group) is 1. The average Bonchev–Trinajstić information content (AvgIpc) is 3.10. The number of anilines is 1. The minimum atomic E-state index is -1.23. The van der Waals surface area contributed by atoms with Crippen molar-refractivity contribution in [2.45, 2.75) is 45.4 Å².